The molecule has 0 atom stereocenters. The first kappa shape index (κ1) is 16.1. The second-order valence-corrected chi connectivity index (χ2v) is 5.59. The molecular weight excluding hydrogens is 276 g/mol. The van der Waals surface area contributed by atoms with E-state index < -0.39 is 0 Å². The molecule has 0 N–H and O–H groups in total. The molecule has 3 nitrogen and oxygen atoms in total. The largest absolute Gasteiger partial charge is 0.493 e. The third-order valence-corrected chi connectivity index (χ3v) is 3.78. The number of aryl methyl sites for hydroxylation is 3. The lowest BCUT2D eigenvalue weighted by Crippen LogP contribution is -2.03. The normalized spacial score (nSPS) is 10.4. The van der Waals surface area contributed by atoms with Crippen molar-refractivity contribution in [2.75, 3.05) is 7.11 Å². The van der Waals surface area contributed by atoms with Crippen LogP contribution in [0, 0.1) is 20.8 Å². The molecule has 0 bridgehead atoms. The van der Waals surface area contributed by atoms with E-state index in [9.17, 15) is 4.79 Å². The zero-order valence-electron chi connectivity index (χ0n) is 13.8. The monoisotopic (exact) mass is 298 g/mol. The number of Topliss-reactive ketones (excluding diaryl/α,β-unsaturated/α-hetero) is 1. The first-order valence-electron chi connectivity index (χ1n) is 7.31. The van der Waals surface area contributed by atoms with Gasteiger partial charge >= 0.3 is 0 Å². The molecule has 2 rings (SSSR count). The average molecular weight is 298 g/mol. The minimum absolute atomic E-state index is 0.00933. The third kappa shape index (κ3) is 3.48. The minimum atomic E-state index is 0.00933. The fraction of sp³-hybridized carbons (Fsp3) is 0.316. The predicted molar refractivity (Wildman–Crippen MR) is 88.0 cm³/mol. The fourth-order valence-corrected chi connectivity index (χ4v) is 2.59. The van der Waals surface area contributed by atoms with Crippen molar-refractivity contribution in [3.8, 4) is 11.5 Å². The molecular formula is C19H22O3. The molecule has 0 aliphatic carbocycles. The second-order valence-electron chi connectivity index (χ2n) is 5.59. The van der Waals surface area contributed by atoms with Crippen LogP contribution in [0.25, 0.3) is 0 Å². The molecule has 2 aromatic rings. The van der Waals surface area contributed by atoms with E-state index in [0.717, 1.165) is 0 Å². The molecule has 0 saturated heterocycles. The lowest BCUT2D eigenvalue weighted by molar-refractivity contribution is 0.101. The van der Waals surface area contributed by atoms with Crippen molar-refractivity contribution in [2.45, 2.75) is 34.3 Å². The molecule has 0 aliphatic heterocycles. The number of hydrogen-bond acceptors (Lipinski definition) is 3. The van der Waals surface area contributed by atoms with Gasteiger partial charge in [-0.05, 0) is 62.6 Å². The maximum absolute atomic E-state index is 11.4. The smallest absolute Gasteiger partial charge is 0.161 e. The Morgan fingerprint density at radius 3 is 2.18 bits per heavy atom. The Morgan fingerprint density at radius 2 is 1.64 bits per heavy atom. The standard InChI is InChI=1S/C19H22O3/c1-12-8-13(2)17(14(3)9-12)11-22-18-7-6-16(15(4)20)10-19(18)21-5/h6-10H,11H2,1-5H3. The van der Waals surface area contributed by atoms with Crippen LogP contribution >= 0.6 is 0 Å². The van der Waals surface area contributed by atoms with Gasteiger partial charge in [-0.3, -0.25) is 4.79 Å². The zero-order chi connectivity index (χ0) is 16.3. The molecule has 3 heteroatoms. The summed E-state index contributed by atoms with van der Waals surface area (Å²) in [6.07, 6.45) is 0. The first-order chi connectivity index (χ1) is 10.4. The van der Waals surface area contributed by atoms with E-state index >= 15 is 0 Å². The van der Waals surface area contributed by atoms with Gasteiger partial charge < -0.3 is 9.47 Å². The second kappa shape index (κ2) is 6.65. The van der Waals surface area contributed by atoms with Crippen LogP contribution < -0.4 is 9.47 Å². The van der Waals surface area contributed by atoms with Crippen molar-refractivity contribution in [1.82, 2.24) is 0 Å². The summed E-state index contributed by atoms with van der Waals surface area (Å²) in [6.45, 7) is 8.29. The van der Waals surface area contributed by atoms with E-state index in [1.807, 2.05) is 0 Å². The van der Waals surface area contributed by atoms with Crippen LogP contribution in [0.3, 0.4) is 0 Å². The summed E-state index contributed by atoms with van der Waals surface area (Å²) in [4.78, 5) is 11.4. The molecule has 0 unspecified atom stereocenters. The first-order valence-corrected chi connectivity index (χ1v) is 7.31. The molecule has 0 aromatic heterocycles. The highest BCUT2D eigenvalue weighted by Gasteiger charge is 2.10. The number of benzene rings is 2. The molecule has 2 aromatic carbocycles. The maximum Gasteiger partial charge on any atom is 0.161 e. The van der Waals surface area contributed by atoms with Crippen LogP contribution in [0.15, 0.2) is 30.3 Å². The van der Waals surface area contributed by atoms with Gasteiger partial charge in [-0.1, -0.05) is 17.7 Å². The Bertz CT molecular complexity index is 679. The van der Waals surface area contributed by atoms with E-state index in [0.29, 0.717) is 23.7 Å². The Morgan fingerprint density at radius 1 is 1.00 bits per heavy atom. The van der Waals surface area contributed by atoms with Gasteiger partial charge in [0.25, 0.3) is 0 Å². The van der Waals surface area contributed by atoms with E-state index in [1.165, 1.54) is 29.2 Å². The minimum Gasteiger partial charge on any atom is -0.493 e. The number of hydrogen-bond donors (Lipinski definition) is 0. The third-order valence-electron chi connectivity index (χ3n) is 3.78. The molecule has 22 heavy (non-hydrogen) atoms. The lowest BCUT2D eigenvalue weighted by atomic mass is 10.0. The predicted octanol–water partition coefficient (Wildman–Crippen LogP) is 4.40. The number of ether oxygens (including phenoxy) is 2. The van der Waals surface area contributed by atoms with Crippen molar-refractivity contribution in [3.63, 3.8) is 0 Å². The van der Waals surface area contributed by atoms with Gasteiger partial charge in [0.2, 0.25) is 0 Å². The summed E-state index contributed by atoms with van der Waals surface area (Å²) in [5, 5.41) is 0. The van der Waals surface area contributed by atoms with Crippen molar-refractivity contribution in [2.24, 2.45) is 0 Å². The molecule has 0 heterocycles. The molecule has 116 valence electrons. The van der Waals surface area contributed by atoms with Crippen LogP contribution in [0.1, 0.15) is 39.5 Å². The van der Waals surface area contributed by atoms with E-state index in [4.69, 9.17) is 9.47 Å². The quantitative estimate of drug-likeness (QED) is 0.767. The Balaban J connectivity index is 2.23. The molecule has 0 spiro atoms. The highest BCUT2D eigenvalue weighted by molar-refractivity contribution is 5.94. The molecule has 0 amide bonds. The van der Waals surface area contributed by atoms with Crippen LogP contribution in [0.2, 0.25) is 0 Å². The van der Waals surface area contributed by atoms with Crippen molar-refractivity contribution >= 4 is 5.78 Å². The van der Waals surface area contributed by atoms with Gasteiger partial charge in [-0.15, -0.1) is 0 Å². The number of rotatable bonds is 5. The molecule has 0 fully saturated rings. The van der Waals surface area contributed by atoms with E-state index in [2.05, 4.69) is 32.9 Å². The zero-order valence-corrected chi connectivity index (χ0v) is 13.8. The Kier molecular flexibility index (Phi) is 4.86. The highest BCUT2D eigenvalue weighted by atomic mass is 16.5. The summed E-state index contributed by atoms with van der Waals surface area (Å²) >= 11 is 0. The SMILES string of the molecule is COc1cc(C(C)=O)ccc1OCc1c(C)cc(C)cc1C. The molecule has 0 saturated carbocycles. The fourth-order valence-electron chi connectivity index (χ4n) is 2.59. The number of methoxy groups -OCH3 is 1. The van der Waals surface area contributed by atoms with Gasteiger partial charge in [0, 0.05) is 5.56 Å². The highest BCUT2D eigenvalue weighted by Crippen LogP contribution is 2.29. The summed E-state index contributed by atoms with van der Waals surface area (Å²) in [5.41, 5.74) is 5.49. The summed E-state index contributed by atoms with van der Waals surface area (Å²) < 4.78 is 11.2. The number of ketones is 1. The Hall–Kier alpha value is -2.29. The van der Waals surface area contributed by atoms with Crippen LogP contribution in [-0.4, -0.2) is 12.9 Å². The van der Waals surface area contributed by atoms with E-state index in [1.54, 1.807) is 25.3 Å². The van der Waals surface area contributed by atoms with Crippen molar-refractivity contribution in [3.05, 3.63) is 58.1 Å². The summed E-state index contributed by atoms with van der Waals surface area (Å²) in [6, 6.07) is 9.57. The van der Waals surface area contributed by atoms with Gasteiger partial charge in [0.15, 0.2) is 17.3 Å². The van der Waals surface area contributed by atoms with Gasteiger partial charge in [0.1, 0.15) is 6.61 Å². The summed E-state index contributed by atoms with van der Waals surface area (Å²) in [5.74, 6) is 1.23. The topological polar surface area (TPSA) is 35.5 Å². The Labute approximate surface area is 131 Å². The average Bonchev–Trinajstić information content (AvgIpc) is 2.45. The van der Waals surface area contributed by atoms with Crippen molar-refractivity contribution in [1.29, 1.82) is 0 Å². The van der Waals surface area contributed by atoms with E-state index in [-0.39, 0.29) is 5.78 Å². The molecule has 0 radical (unpaired) electrons. The van der Waals surface area contributed by atoms with Gasteiger partial charge in [0.05, 0.1) is 7.11 Å². The number of carbonyl (C=O) groups is 1. The van der Waals surface area contributed by atoms with Crippen molar-refractivity contribution < 1.29 is 14.3 Å². The molecule has 0 aliphatic rings. The maximum atomic E-state index is 11.4. The van der Waals surface area contributed by atoms with Gasteiger partial charge in [-0.25, -0.2) is 0 Å². The van der Waals surface area contributed by atoms with Crippen LogP contribution in [0.4, 0.5) is 0 Å². The van der Waals surface area contributed by atoms with Gasteiger partial charge in [-0.2, -0.15) is 0 Å². The van der Waals surface area contributed by atoms with Crippen LogP contribution in [0.5, 0.6) is 11.5 Å². The lowest BCUT2D eigenvalue weighted by Gasteiger charge is -2.15. The van der Waals surface area contributed by atoms with Crippen LogP contribution in [-0.2, 0) is 6.61 Å². The number of carbonyl (C=O) groups excluding carboxylic acids is 1. The summed E-state index contributed by atoms with van der Waals surface area (Å²) in [7, 11) is 1.58.